The number of hydrogen-bond acceptors (Lipinski definition) is 2. The number of nitrogens with zero attached hydrogens (tertiary/aromatic N) is 1. The number of pyridine rings is 1. The van der Waals surface area contributed by atoms with Gasteiger partial charge < -0.3 is 0 Å². The highest BCUT2D eigenvalue weighted by atomic mass is 32.1. The van der Waals surface area contributed by atoms with E-state index in [4.69, 9.17) is 0 Å². The summed E-state index contributed by atoms with van der Waals surface area (Å²) in [5.41, 5.74) is 1.63. The van der Waals surface area contributed by atoms with Crippen molar-refractivity contribution >= 4 is 21.6 Å². The summed E-state index contributed by atoms with van der Waals surface area (Å²) in [4.78, 5) is 5.48. The molecule has 0 amide bonds. The van der Waals surface area contributed by atoms with Crippen LogP contribution in [0.5, 0.6) is 0 Å². The van der Waals surface area contributed by atoms with Crippen LogP contribution in [-0.4, -0.2) is 4.98 Å². The zero-order valence-corrected chi connectivity index (χ0v) is 11.0. The van der Waals surface area contributed by atoms with E-state index >= 15 is 0 Å². The minimum atomic E-state index is 0.223. The van der Waals surface area contributed by atoms with Gasteiger partial charge in [-0.3, -0.25) is 0 Å². The van der Waals surface area contributed by atoms with Gasteiger partial charge >= 0.3 is 0 Å². The highest BCUT2D eigenvalue weighted by molar-refractivity contribution is 7.16. The van der Waals surface area contributed by atoms with Crippen LogP contribution in [0.1, 0.15) is 40.2 Å². The first-order chi connectivity index (χ1) is 7.09. The van der Waals surface area contributed by atoms with Crippen LogP contribution in [0.25, 0.3) is 10.2 Å². The standard InChI is InChI=1S/C11H13NS.C2H6/c1-11(2,3)9-7-13-10-8(9)5-4-6-12-10;1-2/h4-7H,1-3H3;1-2H3. The first-order valence-corrected chi connectivity index (χ1v) is 6.30. The van der Waals surface area contributed by atoms with Crippen LogP contribution in [-0.2, 0) is 5.41 Å². The van der Waals surface area contributed by atoms with Gasteiger partial charge in [0.05, 0.1) is 0 Å². The van der Waals surface area contributed by atoms with Gasteiger partial charge in [0.25, 0.3) is 0 Å². The molecule has 0 radical (unpaired) electrons. The molecule has 0 saturated carbocycles. The van der Waals surface area contributed by atoms with Gasteiger partial charge in [-0.05, 0) is 22.4 Å². The van der Waals surface area contributed by atoms with Crippen molar-refractivity contribution in [3.05, 3.63) is 29.3 Å². The third kappa shape index (κ3) is 2.57. The molecule has 0 aliphatic heterocycles. The van der Waals surface area contributed by atoms with Crippen LogP contribution in [0, 0.1) is 0 Å². The van der Waals surface area contributed by atoms with Gasteiger partial charge in [0, 0.05) is 11.6 Å². The lowest BCUT2D eigenvalue weighted by molar-refractivity contribution is 0.598. The van der Waals surface area contributed by atoms with Gasteiger partial charge in [-0.25, -0.2) is 4.98 Å². The topological polar surface area (TPSA) is 12.9 Å². The van der Waals surface area contributed by atoms with E-state index < -0.39 is 0 Å². The monoisotopic (exact) mass is 221 g/mol. The van der Waals surface area contributed by atoms with Crippen molar-refractivity contribution in [1.82, 2.24) is 4.98 Å². The average molecular weight is 221 g/mol. The van der Waals surface area contributed by atoms with E-state index in [0.717, 1.165) is 4.83 Å². The summed E-state index contributed by atoms with van der Waals surface area (Å²) in [6, 6.07) is 4.16. The molecule has 0 saturated heterocycles. The van der Waals surface area contributed by atoms with E-state index in [9.17, 15) is 0 Å². The second-order valence-electron chi connectivity index (χ2n) is 4.26. The van der Waals surface area contributed by atoms with Gasteiger partial charge in [0.1, 0.15) is 4.83 Å². The van der Waals surface area contributed by atoms with Crippen LogP contribution >= 0.6 is 11.3 Å². The first-order valence-electron chi connectivity index (χ1n) is 5.42. The molecular weight excluding hydrogens is 202 g/mol. The summed E-state index contributed by atoms with van der Waals surface area (Å²) in [7, 11) is 0. The zero-order valence-electron chi connectivity index (χ0n) is 10.2. The van der Waals surface area contributed by atoms with Crippen LogP contribution in [0.2, 0.25) is 0 Å². The molecule has 2 heterocycles. The average Bonchev–Trinajstić information content (AvgIpc) is 2.63. The van der Waals surface area contributed by atoms with Crippen LogP contribution < -0.4 is 0 Å². The number of fused-ring (bicyclic) bond motifs is 1. The Bertz CT molecular complexity index is 423. The summed E-state index contributed by atoms with van der Waals surface area (Å²) >= 11 is 1.73. The molecule has 0 unspecified atom stereocenters. The normalized spacial score (nSPS) is 11.0. The van der Waals surface area contributed by atoms with Crippen molar-refractivity contribution in [2.24, 2.45) is 0 Å². The zero-order chi connectivity index (χ0) is 11.5. The summed E-state index contributed by atoms with van der Waals surface area (Å²) in [5.74, 6) is 0. The van der Waals surface area contributed by atoms with Crippen LogP contribution in [0.15, 0.2) is 23.7 Å². The molecule has 0 bridgehead atoms. The molecule has 2 aromatic heterocycles. The first kappa shape index (κ1) is 12.2. The summed E-state index contributed by atoms with van der Waals surface area (Å²) in [6.45, 7) is 10.7. The van der Waals surface area contributed by atoms with Crippen molar-refractivity contribution in [3.63, 3.8) is 0 Å². The number of thiophene rings is 1. The Balaban J connectivity index is 0.000000531. The molecule has 0 aliphatic rings. The Morgan fingerprint density at radius 2 is 1.87 bits per heavy atom. The third-order valence-electron chi connectivity index (χ3n) is 2.16. The van der Waals surface area contributed by atoms with E-state index in [1.54, 1.807) is 11.3 Å². The van der Waals surface area contributed by atoms with E-state index in [1.165, 1.54) is 10.9 Å². The molecule has 2 rings (SSSR count). The Hall–Kier alpha value is -0.890. The van der Waals surface area contributed by atoms with Gasteiger partial charge in [-0.15, -0.1) is 11.3 Å². The number of rotatable bonds is 0. The minimum absolute atomic E-state index is 0.223. The molecule has 0 aliphatic carbocycles. The fraction of sp³-hybridized carbons (Fsp3) is 0.462. The van der Waals surface area contributed by atoms with E-state index in [-0.39, 0.29) is 5.41 Å². The quantitative estimate of drug-likeness (QED) is 0.632. The highest BCUT2D eigenvalue weighted by Crippen LogP contribution is 2.33. The van der Waals surface area contributed by atoms with Crippen molar-refractivity contribution in [3.8, 4) is 0 Å². The summed E-state index contributed by atoms with van der Waals surface area (Å²) in [5, 5.41) is 3.53. The minimum Gasteiger partial charge on any atom is -0.245 e. The van der Waals surface area contributed by atoms with Crippen molar-refractivity contribution < 1.29 is 0 Å². The molecule has 0 N–H and O–H groups in total. The molecule has 2 heteroatoms. The second-order valence-corrected chi connectivity index (χ2v) is 5.11. The van der Waals surface area contributed by atoms with Gasteiger partial charge in [-0.1, -0.05) is 40.7 Å². The maximum absolute atomic E-state index is 4.33. The molecular formula is C13H19NS. The molecule has 0 aromatic carbocycles. The summed E-state index contributed by atoms with van der Waals surface area (Å²) in [6.07, 6.45) is 1.85. The fourth-order valence-electron chi connectivity index (χ4n) is 1.45. The Morgan fingerprint density at radius 1 is 1.20 bits per heavy atom. The molecule has 2 aromatic rings. The molecule has 0 atom stereocenters. The SMILES string of the molecule is CC.CC(C)(C)c1csc2ncccc12. The molecule has 0 fully saturated rings. The van der Waals surface area contributed by atoms with E-state index in [0.29, 0.717) is 0 Å². The Morgan fingerprint density at radius 3 is 2.47 bits per heavy atom. The lowest BCUT2D eigenvalue weighted by Gasteiger charge is -2.17. The molecule has 0 spiro atoms. The molecule has 82 valence electrons. The Kier molecular flexibility index (Phi) is 3.86. The lowest BCUT2D eigenvalue weighted by Crippen LogP contribution is -2.09. The predicted octanol–water partition coefficient (Wildman–Crippen LogP) is 4.62. The Labute approximate surface area is 96.2 Å². The summed E-state index contributed by atoms with van der Waals surface area (Å²) < 4.78 is 0. The maximum Gasteiger partial charge on any atom is 0.123 e. The lowest BCUT2D eigenvalue weighted by atomic mass is 9.87. The van der Waals surface area contributed by atoms with E-state index in [2.05, 4.69) is 37.2 Å². The van der Waals surface area contributed by atoms with Gasteiger partial charge in [-0.2, -0.15) is 0 Å². The van der Waals surface area contributed by atoms with Gasteiger partial charge in [0.15, 0.2) is 0 Å². The number of hydrogen-bond donors (Lipinski definition) is 0. The molecule has 15 heavy (non-hydrogen) atoms. The van der Waals surface area contributed by atoms with Crippen molar-refractivity contribution in [1.29, 1.82) is 0 Å². The van der Waals surface area contributed by atoms with Gasteiger partial charge in [0.2, 0.25) is 0 Å². The third-order valence-corrected chi connectivity index (χ3v) is 3.06. The highest BCUT2D eigenvalue weighted by Gasteiger charge is 2.17. The van der Waals surface area contributed by atoms with Crippen LogP contribution in [0.4, 0.5) is 0 Å². The predicted molar refractivity (Wildman–Crippen MR) is 69.7 cm³/mol. The largest absolute Gasteiger partial charge is 0.245 e. The number of aromatic nitrogens is 1. The smallest absolute Gasteiger partial charge is 0.123 e. The second kappa shape index (κ2) is 4.75. The molecule has 1 nitrogen and oxygen atoms in total. The van der Waals surface area contributed by atoms with Crippen LogP contribution in [0.3, 0.4) is 0 Å². The van der Waals surface area contributed by atoms with E-state index in [1.807, 2.05) is 26.1 Å². The fourth-order valence-corrected chi connectivity index (χ4v) is 2.59. The van der Waals surface area contributed by atoms with Crippen molar-refractivity contribution in [2.75, 3.05) is 0 Å². The maximum atomic E-state index is 4.33. The van der Waals surface area contributed by atoms with Crippen molar-refractivity contribution in [2.45, 2.75) is 40.0 Å².